The third-order valence-corrected chi connectivity index (χ3v) is 2.27. The Bertz CT molecular complexity index is 360. The molecule has 0 amide bonds. The summed E-state index contributed by atoms with van der Waals surface area (Å²) in [6.45, 7) is 3.86. The van der Waals surface area contributed by atoms with Crippen LogP contribution in [0.15, 0.2) is 18.2 Å². The lowest BCUT2D eigenvalue weighted by Crippen LogP contribution is -2.30. The largest absolute Gasteiger partial charge is 0.488 e. The molecule has 0 heterocycles. The number of ether oxygens (including phenoxy) is 2. The van der Waals surface area contributed by atoms with Crippen molar-refractivity contribution in [3.05, 3.63) is 29.6 Å². The Morgan fingerprint density at radius 2 is 1.83 bits per heavy atom. The van der Waals surface area contributed by atoms with E-state index in [4.69, 9.17) is 19.5 Å². The quantitative estimate of drug-likeness (QED) is 0.523. The fourth-order valence-corrected chi connectivity index (χ4v) is 1.46. The molecule has 2 N–H and O–H groups in total. The van der Waals surface area contributed by atoms with Crippen LogP contribution >= 0.6 is 0 Å². The molecule has 100 valence electrons. The topological polar surface area (TPSA) is 58.9 Å². The van der Waals surface area contributed by atoms with E-state index in [0.29, 0.717) is 25.4 Å². The van der Waals surface area contributed by atoms with Gasteiger partial charge in [-0.1, -0.05) is 13.0 Å². The molecule has 0 spiro atoms. The molecule has 18 heavy (non-hydrogen) atoms. The summed E-state index contributed by atoms with van der Waals surface area (Å²) in [5.74, 6) is -0.513. The third-order valence-electron chi connectivity index (χ3n) is 2.27. The van der Waals surface area contributed by atoms with Crippen molar-refractivity contribution in [3.8, 4) is 0 Å². The van der Waals surface area contributed by atoms with Crippen molar-refractivity contribution >= 4 is 12.6 Å². The summed E-state index contributed by atoms with van der Waals surface area (Å²) < 4.78 is 23.7. The van der Waals surface area contributed by atoms with Gasteiger partial charge in [0, 0.05) is 6.61 Å². The van der Waals surface area contributed by atoms with Gasteiger partial charge < -0.3 is 19.5 Å². The van der Waals surface area contributed by atoms with Crippen LogP contribution in [0.5, 0.6) is 0 Å². The van der Waals surface area contributed by atoms with Gasteiger partial charge in [-0.05, 0) is 29.6 Å². The predicted octanol–water partition coefficient (Wildman–Crippen LogP) is 0.449. The zero-order chi connectivity index (χ0) is 13.4. The van der Waals surface area contributed by atoms with Crippen LogP contribution in [0.1, 0.15) is 18.9 Å². The van der Waals surface area contributed by atoms with E-state index in [1.54, 1.807) is 0 Å². The highest BCUT2D eigenvalue weighted by Crippen LogP contribution is 2.04. The molecule has 1 aromatic rings. The molecule has 4 nitrogen and oxygen atoms in total. The molecule has 1 rings (SSSR count). The van der Waals surface area contributed by atoms with Gasteiger partial charge in [-0.25, -0.2) is 4.39 Å². The Hall–Kier alpha value is -0.945. The molecule has 6 heteroatoms. The molecule has 0 aromatic heterocycles. The second-order valence-electron chi connectivity index (χ2n) is 3.93. The molecule has 0 atom stereocenters. The van der Waals surface area contributed by atoms with Crippen LogP contribution in [0.3, 0.4) is 0 Å². The second-order valence-corrected chi connectivity index (χ2v) is 3.93. The maximum absolute atomic E-state index is 13.2. The zero-order valence-electron chi connectivity index (χ0n) is 10.4. The van der Waals surface area contributed by atoms with Crippen molar-refractivity contribution in [3.63, 3.8) is 0 Å². The lowest BCUT2D eigenvalue weighted by atomic mass is 9.79. The number of halogens is 1. The van der Waals surface area contributed by atoms with E-state index in [1.807, 2.05) is 6.92 Å². The number of hydrogen-bond acceptors (Lipinski definition) is 4. The molecular weight excluding hydrogens is 238 g/mol. The van der Waals surface area contributed by atoms with E-state index >= 15 is 0 Å². The molecule has 0 unspecified atom stereocenters. The number of rotatable bonds is 8. The van der Waals surface area contributed by atoms with E-state index < -0.39 is 12.9 Å². The lowest BCUT2D eigenvalue weighted by molar-refractivity contribution is 0.0408. The highest BCUT2D eigenvalue weighted by molar-refractivity contribution is 6.58. The molecule has 0 aliphatic carbocycles. The van der Waals surface area contributed by atoms with Crippen molar-refractivity contribution in [2.24, 2.45) is 0 Å². The highest BCUT2D eigenvalue weighted by Gasteiger charge is 2.13. The zero-order valence-corrected chi connectivity index (χ0v) is 10.4. The SMILES string of the molecule is CCCOCCOCc1cc(F)cc(B(O)O)c1. The van der Waals surface area contributed by atoms with E-state index in [2.05, 4.69) is 0 Å². The molecule has 0 fully saturated rings. The Labute approximate surface area is 106 Å². The van der Waals surface area contributed by atoms with Crippen LogP contribution in [-0.4, -0.2) is 37.0 Å². The molecule has 0 saturated heterocycles. The van der Waals surface area contributed by atoms with Crippen molar-refractivity contribution in [1.82, 2.24) is 0 Å². The molecule has 0 radical (unpaired) electrons. The van der Waals surface area contributed by atoms with Gasteiger partial charge in [-0.15, -0.1) is 0 Å². The van der Waals surface area contributed by atoms with Gasteiger partial charge in [-0.2, -0.15) is 0 Å². The maximum Gasteiger partial charge on any atom is 0.488 e. The van der Waals surface area contributed by atoms with Gasteiger partial charge in [0.15, 0.2) is 0 Å². The Balaban J connectivity index is 2.37. The molecular formula is C12H18BFO4. The molecule has 0 aliphatic rings. The van der Waals surface area contributed by atoms with Gasteiger partial charge >= 0.3 is 7.12 Å². The van der Waals surface area contributed by atoms with Crippen molar-refractivity contribution in [2.45, 2.75) is 20.0 Å². The molecule has 0 saturated carbocycles. The minimum absolute atomic E-state index is 0.121. The van der Waals surface area contributed by atoms with Crippen LogP contribution in [0.4, 0.5) is 4.39 Å². The highest BCUT2D eigenvalue weighted by atomic mass is 19.1. The van der Waals surface area contributed by atoms with Crippen molar-refractivity contribution < 1.29 is 23.9 Å². The Morgan fingerprint density at radius 3 is 2.50 bits per heavy atom. The van der Waals surface area contributed by atoms with Gasteiger partial charge in [-0.3, -0.25) is 0 Å². The summed E-state index contributed by atoms with van der Waals surface area (Å²) >= 11 is 0. The standard InChI is InChI=1S/C12H18BFO4/c1-2-3-17-4-5-18-9-10-6-11(13(15)16)8-12(14)7-10/h6-8,15-16H,2-5,9H2,1H3. The summed E-state index contributed by atoms with van der Waals surface area (Å²) in [5, 5.41) is 17.9. The van der Waals surface area contributed by atoms with Crippen LogP contribution in [-0.2, 0) is 16.1 Å². The van der Waals surface area contributed by atoms with Crippen LogP contribution < -0.4 is 5.46 Å². The normalized spacial score (nSPS) is 10.7. The van der Waals surface area contributed by atoms with Crippen LogP contribution in [0.2, 0.25) is 0 Å². The van der Waals surface area contributed by atoms with Crippen molar-refractivity contribution in [1.29, 1.82) is 0 Å². The van der Waals surface area contributed by atoms with Gasteiger partial charge in [0.1, 0.15) is 5.82 Å². The number of benzene rings is 1. The summed E-state index contributed by atoms with van der Waals surface area (Å²) in [5.41, 5.74) is 0.685. The van der Waals surface area contributed by atoms with E-state index in [1.165, 1.54) is 12.1 Å². The van der Waals surface area contributed by atoms with Gasteiger partial charge in [0.25, 0.3) is 0 Å². The predicted molar refractivity (Wildman–Crippen MR) is 67.0 cm³/mol. The lowest BCUT2D eigenvalue weighted by Gasteiger charge is -2.07. The fourth-order valence-electron chi connectivity index (χ4n) is 1.46. The first-order valence-electron chi connectivity index (χ1n) is 5.94. The smallest absolute Gasteiger partial charge is 0.423 e. The number of hydrogen-bond donors (Lipinski definition) is 2. The van der Waals surface area contributed by atoms with Crippen LogP contribution in [0, 0.1) is 5.82 Å². The third kappa shape index (κ3) is 5.60. The first-order valence-corrected chi connectivity index (χ1v) is 5.94. The summed E-state index contributed by atoms with van der Waals surface area (Å²) in [7, 11) is -1.67. The maximum atomic E-state index is 13.2. The molecule has 0 aliphatic heterocycles. The summed E-state index contributed by atoms with van der Waals surface area (Å²) in [4.78, 5) is 0. The average Bonchev–Trinajstić information content (AvgIpc) is 2.33. The Kier molecular flexibility index (Phi) is 6.89. The van der Waals surface area contributed by atoms with Crippen molar-refractivity contribution in [2.75, 3.05) is 19.8 Å². The van der Waals surface area contributed by atoms with E-state index in [0.717, 1.165) is 12.5 Å². The Morgan fingerprint density at radius 1 is 1.11 bits per heavy atom. The summed E-state index contributed by atoms with van der Waals surface area (Å²) in [6.07, 6.45) is 0.960. The summed E-state index contributed by atoms with van der Waals surface area (Å²) in [6, 6.07) is 3.89. The minimum atomic E-state index is -1.67. The van der Waals surface area contributed by atoms with E-state index in [9.17, 15) is 4.39 Å². The molecule has 1 aromatic carbocycles. The van der Waals surface area contributed by atoms with Gasteiger partial charge in [0.05, 0.1) is 19.8 Å². The van der Waals surface area contributed by atoms with Gasteiger partial charge in [0.2, 0.25) is 0 Å². The molecule has 0 bridgehead atoms. The van der Waals surface area contributed by atoms with Crippen LogP contribution in [0.25, 0.3) is 0 Å². The fraction of sp³-hybridized carbons (Fsp3) is 0.500. The monoisotopic (exact) mass is 256 g/mol. The van der Waals surface area contributed by atoms with E-state index in [-0.39, 0.29) is 12.1 Å². The second kappa shape index (κ2) is 8.21. The first-order chi connectivity index (χ1) is 8.63. The average molecular weight is 256 g/mol. The minimum Gasteiger partial charge on any atom is -0.423 e. The first kappa shape index (κ1) is 15.1.